The summed E-state index contributed by atoms with van der Waals surface area (Å²) in [6.07, 6.45) is 0.927. The summed E-state index contributed by atoms with van der Waals surface area (Å²) in [7, 11) is -2.94. The molecule has 0 spiro atoms. The smallest absolute Gasteiger partial charge is 0.209 e. The normalized spacial score (nSPS) is 20.0. The van der Waals surface area contributed by atoms with E-state index in [1.807, 2.05) is 37.3 Å². The van der Waals surface area contributed by atoms with Crippen LogP contribution in [0.25, 0.3) is 0 Å². The lowest BCUT2D eigenvalue weighted by molar-refractivity contribution is -0.0365. The highest BCUT2D eigenvalue weighted by molar-refractivity contribution is 7.91. The summed E-state index contributed by atoms with van der Waals surface area (Å²) in [6.45, 7) is 20.2. The minimum absolute atomic E-state index is 0.215. The van der Waals surface area contributed by atoms with Gasteiger partial charge >= 0.3 is 0 Å². The molecule has 0 saturated carbocycles. The number of fused-ring (bicyclic) bond motifs is 1. The highest BCUT2D eigenvalue weighted by Gasteiger charge is 2.50. The van der Waals surface area contributed by atoms with Crippen molar-refractivity contribution in [2.45, 2.75) is 106 Å². The molecule has 298 valence electrons. The maximum absolute atomic E-state index is 14.9. The molecule has 1 fully saturated rings. The SMILES string of the molecule is COCCCN1CCOc2ccc(C(O[C@H]3CNC[C@@H](O[Si](C(C)C)(C(C)C)C(C)C)[C@@H]3c3ccc(CCOC)cc3)S(=O)(=O)c3ccc(C)cc3)cc21. The molecule has 1 unspecified atom stereocenters. The lowest BCUT2D eigenvalue weighted by atomic mass is 9.85. The van der Waals surface area contributed by atoms with E-state index in [1.165, 1.54) is 5.56 Å². The van der Waals surface area contributed by atoms with Crippen LogP contribution in [0.5, 0.6) is 5.75 Å². The third-order valence-corrected chi connectivity index (χ3v) is 19.4. The van der Waals surface area contributed by atoms with E-state index in [0.717, 1.165) is 42.0 Å². The van der Waals surface area contributed by atoms with Crippen LogP contribution in [0.4, 0.5) is 5.69 Å². The molecule has 9 nitrogen and oxygen atoms in total. The summed E-state index contributed by atoms with van der Waals surface area (Å²) in [4.78, 5) is 2.48. The molecule has 0 bridgehead atoms. The molecule has 11 heteroatoms. The van der Waals surface area contributed by atoms with Gasteiger partial charge in [-0.05, 0) is 77.3 Å². The lowest BCUT2D eigenvalue weighted by Gasteiger charge is -2.49. The first-order chi connectivity index (χ1) is 25.8. The molecule has 0 aliphatic carbocycles. The Bertz CT molecular complexity index is 1710. The van der Waals surface area contributed by atoms with Crippen LogP contribution in [0.2, 0.25) is 16.6 Å². The van der Waals surface area contributed by atoms with E-state index in [4.69, 9.17) is 23.4 Å². The summed E-state index contributed by atoms with van der Waals surface area (Å²) in [5.74, 6) is 0.526. The first-order valence-electron chi connectivity index (χ1n) is 19.8. The molecule has 2 aliphatic rings. The number of nitrogens with zero attached hydrogens (tertiary/aromatic N) is 1. The number of sulfone groups is 1. The number of piperidine rings is 1. The summed E-state index contributed by atoms with van der Waals surface area (Å²) in [5.41, 5.74) is 4.58. The highest BCUT2D eigenvalue weighted by Crippen LogP contribution is 2.47. The minimum atomic E-state index is -4.03. The van der Waals surface area contributed by atoms with Crippen LogP contribution in [0, 0.1) is 6.92 Å². The molecule has 0 radical (unpaired) electrons. The Morgan fingerprint density at radius 2 is 1.50 bits per heavy atom. The fraction of sp³-hybridized carbons (Fsp3) is 0.581. The van der Waals surface area contributed by atoms with Gasteiger partial charge in [-0.15, -0.1) is 0 Å². The van der Waals surface area contributed by atoms with Gasteiger partial charge in [-0.25, -0.2) is 8.42 Å². The third kappa shape index (κ3) is 9.42. The second-order valence-electron chi connectivity index (χ2n) is 15.9. The van der Waals surface area contributed by atoms with Gasteiger partial charge in [0.15, 0.2) is 5.44 Å². The Morgan fingerprint density at radius 3 is 2.13 bits per heavy atom. The fourth-order valence-corrected chi connectivity index (χ4v) is 15.9. The summed E-state index contributed by atoms with van der Waals surface area (Å²) in [6, 6.07) is 21.4. The molecule has 3 aromatic rings. The van der Waals surface area contributed by atoms with Crippen LogP contribution in [0.1, 0.15) is 81.6 Å². The predicted molar refractivity (Wildman–Crippen MR) is 220 cm³/mol. The first kappa shape index (κ1) is 42.4. The van der Waals surface area contributed by atoms with E-state index in [0.29, 0.717) is 61.6 Å². The van der Waals surface area contributed by atoms with Gasteiger partial charge in [0.1, 0.15) is 12.4 Å². The zero-order chi connectivity index (χ0) is 39.0. The Balaban J connectivity index is 1.61. The van der Waals surface area contributed by atoms with Gasteiger partial charge in [0.05, 0.1) is 35.9 Å². The average Bonchev–Trinajstić information content (AvgIpc) is 3.15. The van der Waals surface area contributed by atoms with E-state index in [-0.39, 0.29) is 16.9 Å². The summed E-state index contributed by atoms with van der Waals surface area (Å²) in [5, 5.41) is 3.63. The maximum Gasteiger partial charge on any atom is 0.209 e. The zero-order valence-electron chi connectivity index (χ0n) is 34.0. The monoisotopic (exact) mass is 780 g/mol. The van der Waals surface area contributed by atoms with Crippen molar-refractivity contribution in [2.24, 2.45) is 0 Å². The van der Waals surface area contributed by atoms with Crippen LogP contribution in [0.3, 0.4) is 0 Å². The maximum atomic E-state index is 14.9. The molecular formula is C43H64N2O7SSi. The number of aryl methyl sites for hydroxylation is 1. The molecular weight excluding hydrogens is 717 g/mol. The largest absolute Gasteiger partial charge is 0.490 e. The van der Waals surface area contributed by atoms with Crippen LogP contribution in [-0.2, 0) is 34.9 Å². The van der Waals surface area contributed by atoms with Crippen molar-refractivity contribution in [1.82, 2.24) is 5.32 Å². The number of nitrogens with one attached hydrogen (secondary N) is 1. The average molecular weight is 781 g/mol. The van der Waals surface area contributed by atoms with Crippen molar-refractivity contribution in [3.63, 3.8) is 0 Å². The number of hydrogen-bond donors (Lipinski definition) is 1. The van der Waals surface area contributed by atoms with Crippen LogP contribution in [0.15, 0.2) is 71.6 Å². The highest BCUT2D eigenvalue weighted by atomic mass is 32.2. The van der Waals surface area contributed by atoms with Gasteiger partial charge in [0, 0.05) is 46.4 Å². The molecule has 3 aromatic carbocycles. The van der Waals surface area contributed by atoms with E-state index >= 15 is 0 Å². The predicted octanol–water partition coefficient (Wildman–Crippen LogP) is 8.22. The second-order valence-corrected chi connectivity index (χ2v) is 23.3. The second kappa shape index (κ2) is 18.9. The molecule has 0 aromatic heterocycles. The molecule has 54 heavy (non-hydrogen) atoms. The molecule has 1 saturated heterocycles. The first-order valence-corrected chi connectivity index (χ1v) is 23.4. The van der Waals surface area contributed by atoms with E-state index in [2.05, 4.69) is 76.0 Å². The fourth-order valence-electron chi connectivity index (χ4n) is 8.74. The van der Waals surface area contributed by atoms with E-state index in [1.54, 1.807) is 26.4 Å². The van der Waals surface area contributed by atoms with Gasteiger partial charge in [-0.3, -0.25) is 0 Å². The number of anilines is 1. The number of rotatable bonds is 18. The van der Waals surface area contributed by atoms with Gasteiger partial charge in [-0.2, -0.15) is 0 Å². The van der Waals surface area contributed by atoms with E-state index in [9.17, 15) is 8.42 Å². The van der Waals surface area contributed by atoms with Gasteiger partial charge in [0.25, 0.3) is 0 Å². The van der Waals surface area contributed by atoms with Crippen LogP contribution < -0.4 is 15.0 Å². The topological polar surface area (TPSA) is 95.6 Å². The van der Waals surface area contributed by atoms with Crippen molar-refractivity contribution in [2.75, 3.05) is 65.1 Å². The minimum Gasteiger partial charge on any atom is -0.490 e. The van der Waals surface area contributed by atoms with Crippen molar-refractivity contribution in [1.29, 1.82) is 0 Å². The number of hydrogen-bond acceptors (Lipinski definition) is 9. The number of ether oxygens (including phenoxy) is 4. The van der Waals surface area contributed by atoms with Crippen molar-refractivity contribution in [3.8, 4) is 5.75 Å². The Hall–Kier alpha value is -2.77. The van der Waals surface area contributed by atoms with Crippen LogP contribution in [-0.4, -0.2) is 89.2 Å². The molecule has 1 N–H and O–H groups in total. The summed E-state index contributed by atoms with van der Waals surface area (Å²) >= 11 is 0. The van der Waals surface area contributed by atoms with E-state index < -0.39 is 29.7 Å². The lowest BCUT2D eigenvalue weighted by Crippen LogP contribution is -2.58. The molecule has 4 atom stereocenters. The zero-order valence-corrected chi connectivity index (χ0v) is 35.8. The Kier molecular flexibility index (Phi) is 14.8. The van der Waals surface area contributed by atoms with Crippen molar-refractivity contribution in [3.05, 3.63) is 89.0 Å². The molecule has 5 rings (SSSR count). The molecule has 2 aliphatic heterocycles. The van der Waals surface area contributed by atoms with Crippen molar-refractivity contribution < 1.29 is 31.8 Å². The molecule has 0 amide bonds. The van der Waals surface area contributed by atoms with Gasteiger partial charge in [-0.1, -0.05) is 89.6 Å². The van der Waals surface area contributed by atoms with Crippen molar-refractivity contribution >= 4 is 23.8 Å². The quantitative estimate of drug-likeness (QED) is 0.101. The van der Waals surface area contributed by atoms with Gasteiger partial charge < -0.3 is 33.6 Å². The Labute approximate surface area is 326 Å². The third-order valence-electron chi connectivity index (χ3n) is 11.4. The van der Waals surface area contributed by atoms with Gasteiger partial charge in [0.2, 0.25) is 18.2 Å². The summed E-state index contributed by atoms with van der Waals surface area (Å²) < 4.78 is 61.2. The number of benzene rings is 3. The number of methoxy groups -OCH3 is 2. The Morgan fingerprint density at radius 1 is 0.852 bits per heavy atom. The standard InChI is InChI=1S/C43H64N2O7SSi/c1-30(2)54(31(3)4,32(5)6)52-41-29-44-28-40(42(41)35-15-13-34(14-16-35)21-25-49-9)51-43(53(46,47)37-18-11-33(7)12-19-37)36-17-20-39-38(27-36)45(23-26-50-39)22-10-24-48-8/h11-20,27,30-32,40-44H,10,21-26,28-29H2,1-9H3/t40-,41+,42+,43?/m0/s1. The molecule has 2 heterocycles. The van der Waals surface area contributed by atoms with Crippen LogP contribution >= 0.6 is 0 Å².